The number of rotatable bonds is 4. The summed E-state index contributed by atoms with van der Waals surface area (Å²) in [5.74, 6) is -0.273. The van der Waals surface area contributed by atoms with Crippen molar-refractivity contribution in [3.63, 3.8) is 0 Å². The molecule has 0 aliphatic rings. The molecule has 0 heterocycles. The van der Waals surface area contributed by atoms with Crippen LogP contribution in [0.15, 0.2) is 22.6 Å². The number of benzene rings is 1. The van der Waals surface area contributed by atoms with E-state index in [1.807, 2.05) is 0 Å². The van der Waals surface area contributed by atoms with Crippen LogP contribution in [0.5, 0.6) is 0 Å². The molecule has 0 aliphatic carbocycles. The van der Waals surface area contributed by atoms with E-state index < -0.39 is 9.73 Å². The Balaban J connectivity index is 2.87. The summed E-state index contributed by atoms with van der Waals surface area (Å²) < 4.78 is 20.2. The highest BCUT2D eigenvalue weighted by Crippen LogP contribution is 2.24. The molecule has 0 saturated carbocycles. The largest absolute Gasteiger partial charge is 0.469 e. The number of hydrogen-bond acceptors (Lipinski definition) is 4. The highest BCUT2D eigenvalue weighted by molar-refractivity contribution is 7.92. The Morgan fingerprint density at radius 2 is 2.11 bits per heavy atom. The van der Waals surface area contributed by atoms with Gasteiger partial charge in [0.1, 0.15) is 0 Å². The minimum absolute atomic E-state index is 0.273. The van der Waals surface area contributed by atoms with Gasteiger partial charge in [0.05, 0.1) is 12.8 Å². The van der Waals surface area contributed by atoms with Crippen LogP contribution in [0.1, 0.15) is 12.0 Å². The fourth-order valence-electron chi connectivity index (χ4n) is 1.39. The minimum Gasteiger partial charge on any atom is -0.469 e. The number of aryl methyl sites for hydroxylation is 1. The van der Waals surface area contributed by atoms with Crippen molar-refractivity contribution in [2.75, 3.05) is 19.6 Å². The van der Waals surface area contributed by atoms with Gasteiger partial charge in [0.15, 0.2) is 0 Å². The smallest absolute Gasteiger partial charge is 0.305 e. The number of carbonyl (C=O) groups excluding carboxylic acids is 1. The Kier molecular flexibility index (Phi) is 5.16. The van der Waals surface area contributed by atoms with Crippen LogP contribution in [0.25, 0.3) is 0 Å². The number of carbonyl (C=O) groups is 1. The molecular formula is C12H16ClNO3S. The van der Waals surface area contributed by atoms with Gasteiger partial charge >= 0.3 is 5.97 Å². The SMILES string of the molecule is COC(=O)CCc1ccc(N=S(C)(C)=O)cc1Cl. The van der Waals surface area contributed by atoms with Gasteiger partial charge in [-0.05, 0) is 24.1 Å². The molecule has 1 aromatic rings. The molecule has 18 heavy (non-hydrogen) atoms. The Labute approximate surface area is 112 Å². The number of nitrogens with zero attached hydrogens (tertiary/aromatic N) is 1. The molecule has 0 amide bonds. The van der Waals surface area contributed by atoms with Crippen LogP contribution in [0.3, 0.4) is 0 Å². The highest BCUT2D eigenvalue weighted by Gasteiger charge is 2.06. The molecule has 6 heteroatoms. The van der Waals surface area contributed by atoms with Gasteiger partial charge in [0.2, 0.25) is 0 Å². The Hall–Kier alpha value is -1.07. The van der Waals surface area contributed by atoms with Crippen LogP contribution in [0.4, 0.5) is 5.69 Å². The molecule has 0 atom stereocenters. The lowest BCUT2D eigenvalue weighted by atomic mass is 10.1. The second kappa shape index (κ2) is 6.20. The summed E-state index contributed by atoms with van der Waals surface area (Å²) in [4.78, 5) is 11.0. The average Bonchev–Trinajstić information content (AvgIpc) is 2.25. The third-order valence-electron chi connectivity index (χ3n) is 2.19. The van der Waals surface area contributed by atoms with Gasteiger partial charge in [-0.25, -0.2) is 4.21 Å². The van der Waals surface area contributed by atoms with Crippen molar-refractivity contribution in [3.8, 4) is 0 Å². The number of ether oxygens (including phenoxy) is 1. The van der Waals surface area contributed by atoms with Crippen molar-refractivity contribution >= 4 is 33.0 Å². The van der Waals surface area contributed by atoms with E-state index in [4.69, 9.17) is 11.6 Å². The van der Waals surface area contributed by atoms with Crippen molar-refractivity contribution < 1.29 is 13.7 Å². The molecule has 1 rings (SSSR count). The Morgan fingerprint density at radius 1 is 1.44 bits per heavy atom. The first-order valence-corrected chi connectivity index (χ1v) is 8.05. The van der Waals surface area contributed by atoms with Gasteiger partial charge in [-0.2, -0.15) is 4.36 Å². The van der Waals surface area contributed by atoms with Gasteiger partial charge in [-0.1, -0.05) is 17.7 Å². The summed E-state index contributed by atoms with van der Waals surface area (Å²) >= 11 is 6.08. The predicted octanol–water partition coefficient (Wildman–Crippen LogP) is 2.80. The maximum absolute atomic E-state index is 11.5. The van der Waals surface area contributed by atoms with E-state index in [-0.39, 0.29) is 12.4 Å². The zero-order valence-corrected chi connectivity index (χ0v) is 12.2. The molecule has 100 valence electrons. The van der Waals surface area contributed by atoms with Crippen LogP contribution >= 0.6 is 11.6 Å². The van der Waals surface area contributed by atoms with E-state index in [1.165, 1.54) is 7.11 Å². The van der Waals surface area contributed by atoms with E-state index in [0.717, 1.165) is 5.56 Å². The minimum atomic E-state index is -2.19. The maximum Gasteiger partial charge on any atom is 0.305 e. The zero-order chi connectivity index (χ0) is 13.8. The van der Waals surface area contributed by atoms with E-state index >= 15 is 0 Å². The number of hydrogen-bond donors (Lipinski definition) is 0. The molecule has 0 spiro atoms. The summed E-state index contributed by atoms with van der Waals surface area (Å²) in [7, 11) is -0.842. The summed E-state index contributed by atoms with van der Waals surface area (Å²) in [5.41, 5.74) is 1.43. The van der Waals surface area contributed by atoms with Gasteiger partial charge in [0.25, 0.3) is 0 Å². The lowest BCUT2D eigenvalue weighted by Gasteiger charge is -2.05. The van der Waals surface area contributed by atoms with E-state index in [0.29, 0.717) is 17.1 Å². The quantitative estimate of drug-likeness (QED) is 0.801. The van der Waals surface area contributed by atoms with Crippen molar-refractivity contribution in [1.29, 1.82) is 0 Å². The van der Waals surface area contributed by atoms with Gasteiger partial charge in [-0.3, -0.25) is 4.79 Å². The zero-order valence-electron chi connectivity index (χ0n) is 10.6. The van der Waals surface area contributed by atoms with Crippen LogP contribution in [-0.4, -0.2) is 29.8 Å². The topological polar surface area (TPSA) is 55.7 Å². The van der Waals surface area contributed by atoms with Crippen molar-refractivity contribution in [2.24, 2.45) is 4.36 Å². The highest BCUT2D eigenvalue weighted by atomic mass is 35.5. The maximum atomic E-state index is 11.5. The monoisotopic (exact) mass is 289 g/mol. The van der Waals surface area contributed by atoms with E-state index in [9.17, 15) is 9.00 Å². The number of halogens is 1. The third kappa shape index (κ3) is 5.06. The van der Waals surface area contributed by atoms with E-state index in [1.54, 1.807) is 30.7 Å². The molecule has 0 aromatic heterocycles. The normalized spacial score (nSPS) is 11.1. The summed E-state index contributed by atoms with van der Waals surface area (Å²) in [6.45, 7) is 0. The number of methoxy groups -OCH3 is 1. The fourth-order valence-corrected chi connectivity index (χ4v) is 2.28. The molecular weight excluding hydrogens is 274 g/mol. The lowest BCUT2D eigenvalue weighted by Crippen LogP contribution is -2.02. The average molecular weight is 290 g/mol. The predicted molar refractivity (Wildman–Crippen MR) is 73.9 cm³/mol. The molecule has 4 nitrogen and oxygen atoms in total. The first-order chi connectivity index (χ1) is 8.31. The summed E-state index contributed by atoms with van der Waals surface area (Å²) in [6, 6.07) is 5.18. The van der Waals surface area contributed by atoms with E-state index in [2.05, 4.69) is 9.10 Å². The molecule has 0 bridgehead atoms. The lowest BCUT2D eigenvalue weighted by molar-refractivity contribution is -0.140. The Morgan fingerprint density at radius 3 is 2.61 bits per heavy atom. The van der Waals surface area contributed by atoms with Gasteiger partial charge in [-0.15, -0.1) is 0 Å². The first-order valence-electron chi connectivity index (χ1n) is 5.34. The van der Waals surface area contributed by atoms with Crippen LogP contribution < -0.4 is 0 Å². The number of esters is 1. The third-order valence-corrected chi connectivity index (χ3v) is 3.19. The molecule has 0 saturated heterocycles. The first kappa shape index (κ1) is 15.0. The summed E-state index contributed by atoms with van der Waals surface area (Å²) in [5, 5.41) is 0.517. The molecule has 0 aliphatic heterocycles. The molecule has 0 unspecified atom stereocenters. The van der Waals surface area contributed by atoms with Gasteiger partial charge in [0, 0.05) is 33.7 Å². The van der Waals surface area contributed by atoms with Crippen molar-refractivity contribution in [2.45, 2.75) is 12.8 Å². The molecule has 1 aromatic carbocycles. The fraction of sp³-hybridized carbons (Fsp3) is 0.417. The molecule has 0 fully saturated rings. The summed E-state index contributed by atoms with van der Waals surface area (Å²) in [6.07, 6.45) is 3.92. The Bertz CT molecular complexity index is 554. The molecule has 0 radical (unpaired) electrons. The second-order valence-corrected chi connectivity index (χ2v) is 7.08. The second-order valence-electron chi connectivity index (χ2n) is 4.12. The van der Waals surface area contributed by atoms with Crippen molar-refractivity contribution in [1.82, 2.24) is 0 Å². The van der Waals surface area contributed by atoms with Gasteiger partial charge < -0.3 is 4.74 Å². The van der Waals surface area contributed by atoms with Crippen LogP contribution in [-0.2, 0) is 25.7 Å². The van der Waals surface area contributed by atoms with Crippen molar-refractivity contribution in [3.05, 3.63) is 28.8 Å². The standard InChI is InChI=1S/C12H16ClNO3S/c1-17-12(15)7-5-9-4-6-10(8-11(9)13)14-18(2,3)16/h4,6,8H,5,7H2,1-3H3. The molecule has 0 N–H and O–H groups in total. The van der Waals surface area contributed by atoms with Crippen LogP contribution in [0.2, 0.25) is 5.02 Å². The van der Waals surface area contributed by atoms with Crippen LogP contribution in [0, 0.1) is 0 Å².